The summed E-state index contributed by atoms with van der Waals surface area (Å²) in [6.07, 6.45) is 0.931. The Labute approximate surface area is 47.8 Å². The monoisotopic (exact) mass is 122 g/mol. The maximum absolute atomic E-state index is 7.00. The van der Waals surface area contributed by atoms with Gasteiger partial charge in [-0.1, -0.05) is 5.04 Å². The van der Waals surface area contributed by atoms with Gasteiger partial charge >= 0.3 is 0 Å². The van der Waals surface area contributed by atoms with Gasteiger partial charge in [-0.05, 0) is 0 Å². The lowest BCUT2D eigenvalue weighted by atomic mass is 10.5. The zero-order valence-electron chi connectivity index (χ0n) is 4.79. The van der Waals surface area contributed by atoms with Gasteiger partial charge in [-0.2, -0.15) is 0 Å². The highest BCUT2D eigenvalue weighted by Crippen LogP contribution is 1.93. The number of hydrogen-bond donors (Lipinski definition) is 1. The molecule has 4 nitrogen and oxygen atoms in total. The highest BCUT2D eigenvalue weighted by molar-refractivity contribution is 4.28. The second-order valence-corrected chi connectivity index (χ2v) is 1.07. The third kappa shape index (κ3) is 4.01. The van der Waals surface area contributed by atoms with E-state index in [4.69, 9.17) is 5.11 Å². The molecular weight excluding hydrogens is 112 g/mol. The molecule has 0 aromatic carbocycles. The molecule has 0 bridgehead atoms. The Balaban J connectivity index is 0.000000222. The summed E-state index contributed by atoms with van der Waals surface area (Å²) in [5, 5.41) is 11.1. The highest BCUT2D eigenvalue weighted by atomic mass is 17.5. The first-order valence-electron chi connectivity index (χ1n) is 2.36. The molecule has 0 atom stereocenters. The van der Waals surface area contributed by atoms with Crippen molar-refractivity contribution in [2.24, 2.45) is 0 Å². The zero-order valence-corrected chi connectivity index (χ0v) is 4.79. The van der Waals surface area contributed by atoms with E-state index >= 15 is 0 Å². The van der Waals surface area contributed by atoms with Crippen LogP contribution < -0.4 is 0 Å². The maximum Gasteiger partial charge on any atom is 0.0877 e. The van der Waals surface area contributed by atoms with Gasteiger partial charge in [0.25, 0.3) is 0 Å². The van der Waals surface area contributed by atoms with Gasteiger partial charge in [-0.25, -0.2) is 9.78 Å². The largest absolute Gasteiger partial charge is 0.400 e. The minimum absolute atomic E-state index is 0.653. The molecule has 0 unspecified atom stereocenters. The van der Waals surface area contributed by atoms with Gasteiger partial charge in [-0.15, -0.1) is 0 Å². The fraction of sp³-hybridized carbons (Fsp3) is 1.00. The van der Waals surface area contributed by atoms with Crippen molar-refractivity contribution in [2.75, 3.05) is 20.3 Å². The van der Waals surface area contributed by atoms with Crippen molar-refractivity contribution in [3.63, 3.8) is 0 Å². The summed E-state index contributed by atoms with van der Waals surface area (Å²) in [6, 6.07) is 0. The van der Waals surface area contributed by atoms with Crippen molar-refractivity contribution in [3.8, 4) is 0 Å². The van der Waals surface area contributed by atoms with Gasteiger partial charge in [-0.3, -0.25) is 0 Å². The predicted molar refractivity (Wildman–Crippen MR) is 25.7 cm³/mol. The second kappa shape index (κ2) is 6.84. The predicted octanol–water partition coefficient (Wildman–Crippen LogP) is -0.122. The van der Waals surface area contributed by atoms with E-state index < -0.39 is 0 Å². The quantitative estimate of drug-likeness (QED) is 0.455. The Morgan fingerprint density at radius 2 is 1.62 bits per heavy atom. The first-order valence-corrected chi connectivity index (χ1v) is 2.36. The third-order valence-corrected chi connectivity index (χ3v) is 0.552. The molecule has 0 amide bonds. The van der Waals surface area contributed by atoms with Crippen molar-refractivity contribution in [3.05, 3.63) is 0 Å². The molecule has 1 heterocycles. The summed E-state index contributed by atoms with van der Waals surface area (Å²) >= 11 is 0. The number of aliphatic hydroxyl groups excluding tert-OH is 1. The van der Waals surface area contributed by atoms with Crippen LogP contribution in [0.2, 0.25) is 0 Å². The van der Waals surface area contributed by atoms with Gasteiger partial charge in [0.15, 0.2) is 0 Å². The molecule has 1 aliphatic heterocycles. The van der Waals surface area contributed by atoms with Gasteiger partial charge < -0.3 is 5.11 Å². The lowest BCUT2D eigenvalue weighted by Gasteiger charge is -2.06. The van der Waals surface area contributed by atoms with E-state index in [1.54, 1.807) is 0 Å². The van der Waals surface area contributed by atoms with E-state index in [0.717, 1.165) is 13.5 Å². The smallest absolute Gasteiger partial charge is 0.0877 e. The molecular formula is C4H10O4. The average Bonchev–Trinajstić information content (AvgIpc) is 1.96. The summed E-state index contributed by atoms with van der Waals surface area (Å²) in [5.74, 6) is 0. The second-order valence-electron chi connectivity index (χ2n) is 1.07. The van der Waals surface area contributed by atoms with E-state index in [9.17, 15) is 0 Å². The molecule has 0 aromatic heterocycles. The fourth-order valence-electron chi connectivity index (χ4n) is 0.279. The van der Waals surface area contributed by atoms with Crippen LogP contribution in [0.25, 0.3) is 0 Å². The topological polar surface area (TPSA) is 47.9 Å². The average molecular weight is 122 g/mol. The molecule has 1 aliphatic rings. The van der Waals surface area contributed by atoms with E-state index in [1.165, 1.54) is 0 Å². The van der Waals surface area contributed by atoms with Gasteiger partial charge in [0, 0.05) is 13.5 Å². The van der Waals surface area contributed by atoms with Gasteiger partial charge in [0.1, 0.15) is 0 Å². The minimum Gasteiger partial charge on any atom is -0.400 e. The number of hydrogen-bond acceptors (Lipinski definition) is 4. The SMILES string of the molecule is C1COOOC1.CO. The molecule has 8 heavy (non-hydrogen) atoms. The van der Waals surface area contributed by atoms with Crippen molar-refractivity contribution >= 4 is 0 Å². The van der Waals surface area contributed by atoms with Crippen molar-refractivity contribution in [1.82, 2.24) is 0 Å². The van der Waals surface area contributed by atoms with E-state index in [2.05, 4.69) is 14.8 Å². The normalized spacial score (nSPS) is 18.8. The Kier molecular flexibility index (Phi) is 6.70. The maximum atomic E-state index is 7.00. The minimum atomic E-state index is 0.653. The van der Waals surface area contributed by atoms with Crippen LogP contribution in [0.1, 0.15) is 6.42 Å². The van der Waals surface area contributed by atoms with E-state index in [1.807, 2.05) is 0 Å². The number of aliphatic hydroxyl groups is 1. The standard InChI is InChI=1S/C3H6O3.CH4O/c1-2-4-6-5-3-1;1-2/h1-3H2;2H,1H3. The molecule has 1 rings (SSSR count). The van der Waals surface area contributed by atoms with Crippen LogP contribution in [-0.2, 0) is 14.8 Å². The molecule has 1 fully saturated rings. The van der Waals surface area contributed by atoms with Crippen molar-refractivity contribution < 1.29 is 19.9 Å². The van der Waals surface area contributed by atoms with E-state index in [0.29, 0.717) is 13.2 Å². The van der Waals surface area contributed by atoms with Crippen LogP contribution in [0.3, 0.4) is 0 Å². The van der Waals surface area contributed by atoms with Crippen LogP contribution in [0.15, 0.2) is 0 Å². The Hall–Kier alpha value is -0.160. The molecule has 4 heteroatoms. The summed E-state index contributed by atoms with van der Waals surface area (Å²) < 4.78 is 0. The van der Waals surface area contributed by atoms with Crippen LogP contribution in [0, 0.1) is 0 Å². The third-order valence-electron chi connectivity index (χ3n) is 0.552. The Morgan fingerprint density at radius 3 is 1.75 bits per heavy atom. The molecule has 0 aliphatic carbocycles. The molecule has 0 radical (unpaired) electrons. The highest BCUT2D eigenvalue weighted by Gasteiger charge is 1.96. The molecule has 0 saturated carbocycles. The van der Waals surface area contributed by atoms with Crippen LogP contribution in [0.4, 0.5) is 0 Å². The van der Waals surface area contributed by atoms with Gasteiger partial charge in [0.2, 0.25) is 0 Å². The summed E-state index contributed by atoms with van der Waals surface area (Å²) in [6.45, 7) is 1.31. The number of rotatable bonds is 0. The fourth-order valence-corrected chi connectivity index (χ4v) is 0.279. The van der Waals surface area contributed by atoms with Crippen LogP contribution >= 0.6 is 0 Å². The molecule has 0 aromatic rings. The van der Waals surface area contributed by atoms with Crippen molar-refractivity contribution in [2.45, 2.75) is 6.42 Å². The van der Waals surface area contributed by atoms with Crippen LogP contribution in [-0.4, -0.2) is 25.4 Å². The molecule has 1 N–H and O–H groups in total. The molecule has 0 spiro atoms. The Morgan fingerprint density at radius 1 is 1.12 bits per heavy atom. The Bertz CT molecular complexity index is 23.5. The molecule has 1 saturated heterocycles. The molecule has 50 valence electrons. The first kappa shape index (κ1) is 7.84. The zero-order chi connectivity index (χ0) is 6.24. The van der Waals surface area contributed by atoms with E-state index in [-0.39, 0.29) is 0 Å². The summed E-state index contributed by atoms with van der Waals surface area (Å²) in [7, 11) is 1.00. The summed E-state index contributed by atoms with van der Waals surface area (Å²) in [4.78, 5) is 8.69. The lowest BCUT2D eigenvalue weighted by Crippen LogP contribution is -2.08. The lowest BCUT2D eigenvalue weighted by molar-refractivity contribution is -0.532. The first-order chi connectivity index (χ1) is 4.00. The van der Waals surface area contributed by atoms with Crippen molar-refractivity contribution in [1.29, 1.82) is 0 Å². The summed E-state index contributed by atoms with van der Waals surface area (Å²) in [5.41, 5.74) is 0. The van der Waals surface area contributed by atoms with Crippen LogP contribution in [0.5, 0.6) is 0 Å². The van der Waals surface area contributed by atoms with Gasteiger partial charge in [0.05, 0.1) is 13.2 Å².